The fraction of sp³-hybridized carbons (Fsp3) is 0.412. The molecule has 0 saturated heterocycles. The Bertz CT molecular complexity index is 627. The number of methoxy groups -OCH3 is 1. The maximum atomic E-state index is 11.9. The van der Waals surface area contributed by atoms with Crippen LogP contribution in [0.5, 0.6) is 0 Å². The number of esters is 1. The van der Waals surface area contributed by atoms with E-state index in [2.05, 4.69) is 15.4 Å². The Morgan fingerprint density at radius 3 is 2.52 bits per heavy atom. The van der Waals surface area contributed by atoms with Crippen molar-refractivity contribution < 1.29 is 23.9 Å². The van der Waals surface area contributed by atoms with E-state index in [1.165, 1.54) is 7.11 Å². The summed E-state index contributed by atoms with van der Waals surface area (Å²) in [5.74, 6) is -1.66. The van der Waals surface area contributed by atoms with Gasteiger partial charge in [0.15, 0.2) is 0 Å². The minimum atomic E-state index is -0.959. The molecule has 134 valence electrons. The van der Waals surface area contributed by atoms with Crippen LogP contribution in [0.15, 0.2) is 30.3 Å². The van der Waals surface area contributed by atoms with Gasteiger partial charge in [-0.25, -0.2) is 9.59 Å². The second-order valence-corrected chi connectivity index (χ2v) is 5.32. The largest absolute Gasteiger partial charge is 0.467 e. The number of amides is 2. The van der Waals surface area contributed by atoms with E-state index >= 15 is 0 Å². The number of benzene rings is 1. The maximum Gasteiger partial charge on any atom is 0.407 e. The van der Waals surface area contributed by atoms with E-state index in [1.54, 1.807) is 19.1 Å². The molecular weight excluding hydrogens is 326 g/mol. The first-order valence-electron chi connectivity index (χ1n) is 7.66. The van der Waals surface area contributed by atoms with E-state index < -0.39 is 29.9 Å². The summed E-state index contributed by atoms with van der Waals surface area (Å²) in [5, 5.41) is 13.5. The Kier molecular flexibility index (Phi) is 8.50. The summed E-state index contributed by atoms with van der Waals surface area (Å²) in [4.78, 5) is 35.2. The van der Waals surface area contributed by atoms with Crippen molar-refractivity contribution in [3.63, 3.8) is 0 Å². The summed E-state index contributed by atoms with van der Waals surface area (Å²) in [5.41, 5.74) is 0.818. The molecular formula is C17H21N3O5. The molecule has 25 heavy (non-hydrogen) atoms. The van der Waals surface area contributed by atoms with Crippen molar-refractivity contribution in [2.75, 3.05) is 13.7 Å². The number of nitrogens with one attached hydrogen (secondary N) is 2. The van der Waals surface area contributed by atoms with Gasteiger partial charge in [-0.3, -0.25) is 4.79 Å². The number of rotatable bonds is 8. The number of carbonyl (C=O) groups is 3. The topological polar surface area (TPSA) is 118 Å². The summed E-state index contributed by atoms with van der Waals surface area (Å²) in [6.45, 7) is 1.37. The van der Waals surface area contributed by atoms with Crippen LogP contribution in [0.4, 0.5) is 4.79 Å². The summed E-state index contributed by atoms with van der Waals surface area (Å²) in [7, 11) is 1.19. The van der Waals surface area contributed by atoms with Crippen LogP contribution < -0.4 is 10.6 Å². The lowest BCUT2D eigenvalue weighted by Gasteiger charge is -2.21. The van der Waals surface area contributed by atoms with E-state index in [0.717, 1.165) is 5.56 Å². The third kappa shape index (κ3) is 7.35. The molecule has 0 aliphatic heterocycles. The Labute approximate surface area is 146 Å². The summed E-state index contributed by atoms with van der Waals surface area (Å²) in [6.07, 6.45) is -0.675. The standard InChI is InChI=1S/C17H21N3O5/c1-12(8-9-18)15(16(22)24-2)20-14(21)10-19-17(23)25-11-13-6-4-3-5-7-13/h3-7,12,15H,8,10-11H2,1-2H3,(H,19,23)(H,20,21)/t12-,15-/m0/s1. The summed E-state index contributed by atoms with van der Waals surface area (Å²) < 4.78 is 9.59. The molecule has 0 unspecified atom stereocenters. The van der Waals surface area contributed by atoms with Gasteiger partial charge in [0.1, 0.15) is 19.2 Å². The predicted molar refractivity (Wildman–Crippen MR) is 88.0 cm³/mol. The molecule has 0 aromatic heterocycles. The second-order valence-electron chi connectivity index (χ2n) is 5.32. The predicted octanol–water partition coefficient (Wildman–Crippen LogP) is 1.12. The van der Waals surface area contributed by atoms with E-state index in [9.17, 15) is 14.4 Å². The van der Waals surface area contributed by atoms with Crippen LogP contribution in [0.1, 0.15) is 18.9 Å². The van der Waals surface area contributed by atoms with Gasteiger partial charge in [0.05, 0.1) is 13.2 Å². The average Bonchev–Trinajstić information content (AvgIpc) is 2.63. The zero-order valence-corrected chi connectivity index (χ0v) is 14.2. The highest BCUT2D eigenvalue weighted by atomic mass is 16.5. The van der Waals surface area contributed by atoms with E-state index in [4.69, 9.17) is 10.00 Å². The molecule has 8 heteroatoms. The van der Waals surface area contributed by atoms with Gasteiger partial charge in [0.25, 0.3) is 0 Å². The van der Waals surface area contributed by atoms with Gasteiger partial charge in [-0.15, -0.1) is 0 Å². The van der Waals surface area contributed by atoms with E-state index in [1.807, 2.05) is 24.3 Å². The highest BCUT2D eigenvalue weighted by Gasteiger charge is 2.27. The highest BCUT2D eigenvalue weighted by Crippen LogP contribution is 2.09. The quantitative estimate of drug-likeness (QED) is 0.681. The van der Waals surface area contributed by atoms with Crippen LogP contribution in [0.3, 0.4) is 0 Å². The number of hydrogen-bond acceptors (Lipinski definition) is 6. The van der Waals surface area contributed by atoms with Crippen LogP contribution >= 0.6 is 0 Å². The van der Waals surface area contributed by atoms with Crippen LogP contribution in [-0.2, 0) is 25.7 Å². The lowest BCUT2D eigenvalue weighted by molar-refractivity contribution is -0.146. The first kappa shape index (κ1) is 20.0. The molecule has 2 atom stereocenters. The second kappa shape index (κ2) is 10.6. The van der Waals surface area contributed by atoms with E-state index in [0.29, 0.717) is 0 Å². The lowest BCUT2D eigenvalue weighted by Crippen LogP contribution is -2.49. The average molecular weight is 347 g/mol. The van der Waals surface area contributed by atoms with Crippen LogP contribution in [0.25, 0.3) is 0 Å². The van der Waals surface area contributed by atoms with Crippen molar-refractivity contribution in [2.24, 2.45) is 5.92 Å². The lowest BCUT2D eigenvalue weighted by atomic mass is 9.99. The minimum Gasteiger partial charge on any atom is -0.467 e. The number of ether oxygens (including phenoxy) is 2. The van der Waals surface area contributed by atoms with E-state index in [-0.39, 0.29) is 19.6 Å². The monoisotopic (exact) mass is 347 g/mol. The first-order valence-corrected chi connectivity index (χ1v) is 7.66. The van der Waals surface area contributed by atoms with Gasteiger partial charge >= 0.3 is 12.1 Å². The van der Waals surface area contributed by atoms with Crippen molar-refractivity contribution in [3.05, 3.63) is 35.9 Å². The zero-order chi connectivity index (χ0) is 18.7. The third-order valence-corrected chi connectivity index (χ3v) is 3.36. The molecule has 0 aliphatic carbocycles. The Hall–Kier alpha value is -3.08. The smallest absolute Gasteiger partial charge is 0.407 e. The molecule has 0 heterocycles. The summed E-state index contributed by atoms with van der Waals surface area (Å²) >= 11 is 0. The molecule has 0 aliphatic rings. The van der Waals surface area contributed by atoms with Crippen molar-refractivity contribution in [1.82, 2.24) is 10.6 Å². The third-order valence-electron chi connectivity index (χ3n) is 3.36. The number of alkyl carbamates (subject to hydrolysis) is 1. The fourth-order valence-corrected chi connectivity index (χ4v) is 1.97. The van der Waals surface area contributed by atoms with Crippen LogP contribution in [0.2, 0.25) is 0 Å². The molecule has 0 spiro atoms. The highest BCUT2D eigenvalue weighted by molar-refractivity contribution is 5.87. The number of carbonyl (C=O) groups excluding carboxylic acids is 3. The zero-order valence-electron chi connectivity index (χ0n) is 14.2. The molecule has 0 saturated carbocycles. The van der Waals surface area contributed by atoms with Gasteiger partial charge in [-0.1, -0.05) is 37.3 Å². The van der Waals surface area contributed by atoms with Gasteiger partial charge in [-0.2, -0.15) is 5.26 Å². The van der Waals surface area contributed by atoms with Crippen molar-refractivity contribution in [2.45, 2.75) is 26.0 Å². The van der Waals surface area contributed by atoms with Gasteiger partial charge in [-0.05, 0) is 5.56 Å². The Balaban J connectivity index is 2.42. The Morgan fingerprint density at radius 1 is 1.24 bits per heavy atom. The number of hydrogen-bond donors (Lipinski definition) is 2. The SMILES string of the molecule is COC(=O)[C@@H](NC(=O)CNC(=O)OCc1ccccc1)[C@@H](C)CC#N. The van der Waals surface area contributed by atoms with Crippen molar-refractivity contribution in [1.29, 1.82) is 5.26 Å². The molecule has 2 N–H and O–H groups in total. The molecule has 1 aromatic carbocycles. The van der Waals surface area contributed by atoms with Crippen molar-refractivity contribution >= 4 is 18.0 Å². The molecule has 2 amide bonds. The Morgan fingerprint density at radius 2 is 1.92 bits per heavy atom. The molecule has 8 nitrogen and oxygen atoms in total. The first-order chi connectivity index (χ1) is 12.0. The normalized spacial score (nSPS) is 12.2. The number of nitriles is 1. The molecule has 0 fully saturated rings. The minimum absolute atomic E-state index is 0.0760. The van der Waals surface area contributed by atoms with Crippen LogP contribution in [-0.4, -0.2) is 37.7 Å². The molecule has 0 bridgehead atoms. The summed E-state index contributed by atoms with van der Waals surface area (Å²) in [6, 6.07) is 10.1. The fourth-order valence-electron chi connectivity index (χ4n) is 1.97. The van der Waals surface area contributed by atoms with Crippen molar-refractivity contribution in [3.8, 4) is 6.07 Å². The number of nitrogens with zero attached hydrogens (tertiary/aromatic N) is 1. The van der Waals surface area contributed by atoms with Crippen LogP contribution in [0, 0.1) is 17.2 Å². The molecule has 1 rings (SSSR count). The maximum absolute atomic E-state index is 11.9. The van der Waals surface area contributed by atoms with Gasteiger partial charge in [0.2, 0.25) is 5.91 Å². The molecule has 0 radical (unpaired) electrons. The van der Waals surface area contributed by atoms with Gasteiger partial charge < -0.3 is 20.1 Å². The van der Waals surface area contributed by atoms with Gasteiger partial charge in [0, 0.05) is 12.3 Å². The molecule has 1 aromatic rings.